The van der Waals surface area contributed by atoms with E-state index in [1.54, 1.807) is 6.07 Å². The van der Waals surface area contributed by atoms with Crippen molar-refractivity contribution >= 4 is 16.8 Å². The monoisotopic (exact) mass is 371 g/mol. The molecular formula is C19H25N5O3. The van der Waals surface area contributed by atoms with Gasteiger partial charge in [0.05, 0.1) is 24.1 Å². The van der Waals surface area contributed by atoms with Crippen molar-refractivity contribution in [3.63, 3.8) is 0 Å². The number of nitrogens with one attached hydrogen (secondary N) is 2. The SMILES string of the molecule is CN(C(=O)C1CN(Cc2nc3ccccc3c(=O)[nH]2)CCO1)C1CCNC1. The van der Waals surface area contributed by atoms with Crippen molar-refractivity contribution in [3.05, 3.63) is 40.4 Å². The zero-order valence-electron chi connectivity index (χ0n) is 15.5. The Bertz CT molecular complexity index is 877. The number of hydrogen-bond acceptors (Lipinski definition) is 6. The van der Waals surface area contributed by atoms with Gasteiger partial charge in [-0.15, -0.1) is 0 Å². The fourth-order valence-electron chi connectivity index (χ4n) is 3.79. The molecular weight excluding hydrogens is 346 g/mol. The van der Waals surface area contributed by atoms with Gasteiger partial charge in [0, 0.05) is 32.7 Å². The van der Waals surface area contributed by atoms with E-state index in [1.807, 2.05) is 30.1 Å². The van der Waals surface area contributed by atoms with E-state index in [2.05, 4.69) is 20.2 Å². The number of fused-ring (bicyclic) bond motifs is 1. The fraction of sp³-hybridized carbons (Fsp3) is 0.526. The van der Waals surface area contributed by atoms with E-state index < -0.39 is 6.10 Å². The number of nitrogens with zero attached hydrogens (tertiary/aromatic N) is 3. The normalized spacial score (nSPS) is 23.6. The van der Waals surface area contributed by atoms with Gasteiger partial charge in [-0.25, -0.2) is 4.98 Å². The highest BCUT2D eigenvalue weighted by atomic mass is 16.5. The van der Waals surface area contributed by atoms with Crippen LogP contribution in [0, 0.1) is 0 Å². The van der Waals surface area contributed by atoms with Crippen LogP contribution in [0.4, 0.5) is 0 Å². The summed E-state index contributed by atoms with van der Waals surface area (Å²) in [5, 5.41) is 3.87. The van der Waals surface area contributed by atoms with Gasteiger partial charge in [0.25, 0.3) is 11.5 Å². The molecule has 0 bridgehead atoms. The van der Waals surface area contributed by atoms with Gasteiger partial charge in [0.15, 0.2) is 0 Å². The third-order valence-electron chi connectivity index (χ3n) is 5.39. The van der Waals surface area contributed by atoms with Crippen LogP contribution >= 0.6 is 0 Å². The number of para-hydroxylation sites is 1. The van der Waals surface area contributed by atoms with Crippen LogP contribution in [0.1, 0.15) is 12.2 Å². The summed E-state index contributed by atoms with van der Waals surface area (Å²) in [6.45, 7) is 3.96. The van der Waals surface area contributed by atoms with Gasteiger partial charge in [0.2, 0.25) is 0 Å². The molecule has 144 valence electrons. The molecule has 2 N–H and O–H groups in total. The van der Waals surface area contributed by atoms with Crippen molar-refractivity contribution in [2.75, 3.05) is 39.8 Å². The number of H-pyrrole nitrogens is 1. The van der Waals surface area contributed by atoms with E-state index in [4.69, 9.17) is 4.74 Å². The Morgan fingerprint density at radius 2 is 2.26 bits per heavy atom. The minimum Gasteiger partial charge on any atom is -0.366 e. The van der Waals surface area contributed by atoms with Crippen molar-refractivity contribution in [1.29, 1.82) is 0 Å². The van der Waals surface area contributed by atoms with Gasteiger partial charge in [-0.1, -0.05) is 12.1 Å². The molecule has 0 radical (unpaired) electrons. The Morgan fingerprint density at radius 3 is 3.07 bits per heavy atom. The average molecular weight is 371 g/mol. The smallest absolute Gasteiger partial charge is 0.258 e. The van der Waals surface area contributed by atoms with Crippen LogP contribution in [0.2, 0.25) is 0 Å². The summed E-state index contributed by atoms with van der Waals surface area (Å²) in [6.07, 6.45) is 0.498. The number of benzene rings is 1. The highest BCUT2D eigenvalue weighted by molar-refractivity contribution is 5.81. The predicted molar refractivity (Wildman–Crippen MR) is 101 cm³/mol. The van der Waals surface area contributed by atoms with Gasteiger partial charge in [-0.2, -0.15) is 0 Å². The van der Waals surface area contributed by atoms with Gasteiger partial charge < -0.3 is 19.9 Å². The standard InChI is InChI=1S/C19H25N5O3/c1-23(13-6-7-20-10-13)19(26)16-11-24(8-9-27-16)12-17-21-15-5-3-2-4-14(15)18(25)22-17/h2-5,13,16,20H,6-12H2,1H3,(H,21,22,25). The lowest BCUT2D eigenvalue weighted by Crippen LogP contribution is -2.52. The number of aromatic amines is 1. The minimum absolute atomic E-state index is 0.0216. The summed E-state index contributed by atoms with van der Waals surface area (Å²) in [5.74, 6) is 0.633. The summed E-state index contributed by atoms with van der Waals surface area (Å²) in [6, 6.07) is 7.53. The van der Waals surface area contributed by atoms with E-state index in [-0.39, 0.29) is 17.5 Å². The Kier molecular flexibility index (Phi) is 5.20. The molecule has 8 nitrogen and oxygen atoms in total. The maximum Gasteiger partial charge on any atom is 0.258 e. The summed E-state index contributed by atoms with van der Waals surface area (Å²) in [7, 11) is 1.85. The van der Waals surface area contributed by atoms with Crippen LogP contribution in [0.25, 0.3) is 10.9 Å². The highest BCUT2D eigenvalue weighted by Crippen LogP contribution is 2.14. The second-order valence-corrected chi connectivity index (χ2v) is 7.22. The number of hydrogen-bond donors (Lipinski definition) is 2. The minimum atomic E-state index is -0.475. The Morgan fingerprint density at radius 1 is 1.41 bits per heavy atom. The summed E-state index contributed by atoms with van der Waals surface area (Å²) >= 11 is 0. The topological polar surface area (TPSA) is 90.6 Å². The summed E-state index contributed by atoms with van der Waals surface area (Å²) in [4.78, 5) is 36.4. The van der Waals surface area contributed by atoms with E-state index in [0.717, 1.165) is 19.5 Å². The van der Waals surface area contributed by atoms with Crippen molar-refractivity contribution in [2.45, 2.75) is 25.1 Å². The first-order chi connectivity index (χ1) is 13.1. The van der Waals surface area contributed by atoms with Gasteiger partial charge in [-0.05, 0) is 25.1 Å². The quantitative estimate of drug-likeness (QED) is 0.783. The fourth-order valence-corrected chi connectivity index (χ4v) is 3.79. The van der Waals surface area contributed by atoms with Crippen molar-refractivity contribution in [1.82, 2.24) is 25.1 Å². The molecule has 2 saturated heterocycles. The maximum absolute atomic E-state index is 12.8. The first-order valence-electron chi connectivity index (χ1n) is 9.41. The lowest BCUT2D eigenvalue weighted by molar-refractivity contribution is -0.150. The zero-order chi connectivity index (χ0) is 18.8. The number of likely N-dealkylation sites (N-methyl/N-ethyl adjacent to an activating group) is 1. The van der Waals surface area contributed by atoms with Crippen molar-refractivity contribution in [3.8, 4) is 0 Å². The Hall–Kier alpha value is -2.29. The van der Waals surface area contributed by atoms with E-state index in [1.165, 1.54) is 0 Å². The molecule has 0 saturated carbocycles. The van der Waals surface area contributed by atoms with Gasteiger partial charge in [-0.3, -0.25) is 14.5 Å². The van der Waals surface area contributed by atoms with Crippen LogP contribution in [0.15, 0.2) is 29.1 Å². The second-order valence-electron chi connectivity index (χ2n) is 7.22. The Balaban J connectivity index is 1.44. The molecule has 2 atom stereocenters. The van der Waals surface area contributed by atoms with Crippen LogP contribution in [0.3, 0.4) is 0 Å². The molecule has 8 heteroatoms. The lowest BCUT2D eigenvalue weighted by Gasteiger charge is -2.35. The molecule has 1 aromatic heterocycles. The molecule has 2 unspecified atom stereocenters. The van der Waals surface area contributed by atoms with Crippen LogP contribution in [-0.2, 0) is 16.1 Å². The first kappa shape index (κ1) is 18.1. The summed E-state index contributed by atoms with van der Waals surface area (Å²) < 4.78 is 5.74. The lowest BCUT2D eigenvalue weighted by atomic mass is 10.2. The number of rotatable bonds is 4. The van der Waals surface area contributed by atoms with E-state index >= 15 is 0 Å². The number of amides is 1. The third-order valence-corrected chi connectivity index (χ3v) is 5.39. The average Bonchev–Trinajstić information content (AvgIpc) is 3.22. The van der Waals surface area contributed by atoms with Crippen LogP contribution in [0.5, 0.6) is 0 Å². The van der Waals surface area contributed by atoms with Crippen LogP contribution in [-0.4, -0.2) is 77.7 Å². The maximum atomic E-state index is 12.8. The molecule has 0 aliphatic carbocycles. The molecule has 3 heterocycles. The van der Waals surface area contributed by atoms with Gasteiger partial charge in [0.1, 0.15) is 11.9 Å². The van der Waals surface area contributed by atoms with Crippen molar-refractivity contribution < 1.29 is 9.53 Å². The molecule has 0 spiro atoms. The number of morpholine rings is 1. The van der Waals surface area contributed by atoms with E-state index in [9.17, 15) is 9.59 Å². The molecule has 2 fully saturated rings. The van der Waals surface area contributed by atoms with Crippen LogP contribution < -0.4 is 10.9 Å². The number of carbonyl (C=O) groups excluding carboxylic acids is 1. The van der Waals surface area contributed by atoms with E-state index in [0.29, 0.717) is 43.0 Å². The largest absolute Gasteiger partial charge is 0.366 e. The first-order valence-corrected chi connectivity index (χ1v) is 9.41. The predicted octanol–water partition coefficient (Wildman–Crippen LogP) is -0.0558. The molecule has 2 aliphatic rings. The highest BCUT2D eigenvalue weighted by Gasteiger charge is 2.32. The molecule has 27 heavy (non-hydrogen) atoms. The molecule has 1 amide bonds. The summed E-state index contributed by atoms with van der Waals surface area (Å²) in [5.41, 5.74) is 0.551. The number of aromatic nitrogens is 2. The molecule has 2 aromatic rings. The Labute approximate surface area is 157 Å². The van der Waals surface area contributed by atoms with Gasteiger partial charge >= 0.3 is 0 Å². The van der Waals surface area contributed by atoms with Crippen molar-refractivity contribution in [2.24, 2.45) is 0 Å². The second kappa shape index (κ2) is 7.75. The molecule has 1 aromatic carbocycles. The molecule has 2 aliphatic heterocycles. The zero-order valence-corrected chi connectivity index (χ0v) is 15.5. The molecule has 4 rings (SSSR count). The number of carbonyl (C=O) groups is 1. The third kappa shape index (κ3) is 3.87. The number of ether oxygens (including phenoxy) is 1.